The number of fused-ring (bicyclic) bond motifs is 2. The van der Waals surface area contributed by atoms with Crippen molar-refractivity contribution in [2.24, 2.45) is 0 Å². The van der Waals surface area contributed by atoms with Gasteiger partial charge in [0.05, 0.1) is 11.4 Å². The second kappa shape index (κ2) is 6.23. The number of hydrogen-bond acceptors (Lipinski definition) is 2. The molecule has 0 saturated heterocycles. The fourth-order valence-electron chi connectivity index (χ4n) is 3.84. The number of para-hydroxylation sites is 2. The van der Waals surface area contributed by atoms with Gasteiger partial charge in [-0.1, -0.05) is 60.7 Å². The Balaban J connectivity index is 1.72. The van der Waals surface area contributed by atoms with Gasteiger partial charge in [-0.2, -0.15) is 0 Å². The monoisotopic (exact) mass is 336 g/mol. The molecule has 0 unspecified atom stereocenters. The third-order valence-electron chi connectivity index (χ3n) is 5.11. The Bertz CT molecular complexity index is 955. The van der Waals surface area contributed by atoms with E-state index in [1.54, 1.807) is 0 Å². The van der Waals surface area contributed by atoms with Gasteiger partial charge in [0.2, 0.25) is 0 Å². The van der Waals surface area contributed by atoms with Crippen molar-refractivity contribution >= 4 is 33.5 Å². The number of hydrogen-bond donors (Lipinski definition) is 0. The summed E-state index contributed by atoms with van der Waals surface area (Å²) in [4.78, 5) is 4.86. The van der Waals surface area contributed by atoms with Crippen LogP contribution < -0.4 is 9.80 Å². The van der Waals surface area contributed by atoms with Crippen LogP contribution in [-0.2, 0) is 0 Å². The average Bonchev–Trinajstić information content (AvgIpc) is 2.73. The third kappa shape index (κ3) is 2.51. The number of nitrogens with zero attached hydrogens (tertiary/aromatic N) is 2. The third-order valence-corrected chi connectivity index (χ3v) is 5.11. The van der Waals surface area contributed by atoms with Gasteiger partial charge in [-0.3, -0.25) is 0 Å². The summed E-state index contributed by atoms with van der Waals surface area (Å²) in [5, 5.41) is 2.56. The topological polar surface area (TPSA) is 6.48 Å². The highest BCUT2D eigenvalue weighted by molar-refractivity contribution is 5.96. The SMILES string of the molecule is c1ccc(N2CCN(c3ccccc3)c3cc4ccccc4cc32)cc1. The van der Waals surface area contributed by atoms with Gasteiger partial charge in [0.25, 0.3) is 0 Å². The lowest BCUT2D eigenvalue weighted by molar-refractivity contribution is 0.851. The molecule has 0 aromatic heterocycles. The molecule has 0 atom stereocenters. The lowest BCUT2D eigenvalue weighted by atomic mass is 10.0. The van der Waals surface area contributed by atoms with Crippen LogP contribution in [0.15, 0.2) is 97.1 Å². The van der Waals surface area contributed by atoms with Gasteiger partial charge in [-0.25, -0.2) is 0 Å². The van der Waals surface area contributed by atoms with E-state index in [1.165, 1.54) is 33.5 Å². The summed E-state index contributed by atoms with van der Waals surface area (Å²) < 4.78 is 0. The zero-order chi connectivity index (χ0) is 17.3. The van der Waals surface area contributed by atoms with Crippen LogP contribution in [0, 0.1) is 0 Å². The Morgan fingerprint density at radius 3 is 1.27 bits per heavy atom. The maximum atomic E-state index is 2.43. The van der Waals surface area contributed by atoms with Gasteiger partial charge < -0.3 is 9.80 Å². The number of benzene rings is 4. The fourth-order valence-corrected chi connectivity index (χ4v) is 3.84. The van der Waals surface area contributed by atoms with E-state index in [0.717, 1.165) is 13.1 Å². The van der Waals surface area contributed by atoms with Crippen LogP contribution in [0.25, 0.3) is 10.8 Å². The van der Waals surface area contributed by atoms with Crippen molar-refractivity contribution in [2.75, 3.05) is 22.9 Å². The molecule has 0 spiro atoms. The van der Waals surface area contributed by atoms with E-state index in [-0.39, 0.29) is 0 Å². The van der Waals surface area contributed by atoms with Crippen molar-refractivity contribution in [2.45, 2.75) is 0 Å². The van der Waals surface area contributed by atoms with Crippen LogP contribution in [0.2, 0.25) is 0 Å². The first-order valence-electron chi connectivity index (χ1n) is 9.08. The maximum absolute atomic E-state index is 2.43. The van der Waals surface area contributed by atoms with Crippen LogP contribution in [-0.4, -0.2) is 13.1 Å². The van der Waals surface area contributed by atoms with Crippen molar-refractivity contribution in [3.8, 4) is 0 Å². The van der Waals surface area contributed by atoms with Gasteiger partial charge in [0.1, 0.15) is 0 Å². The smallest absolute Gasteiger partial charge is 0.0659 e. The highest BCUT2D eigenvalue weighted by Crippen LogP contribution is 2.43. The van der Waals surface area contributed by atoms with E-state index in [1.807, 2.05) is 0 Å². The molecular weight excluding hydrogens is 316 g/mol. The summed E-state index contributed by atoms with van der Waals surface area (Å²) in [5.41, 5.74) is 5.03. The van der Waals surface area contributed by atoms with Gasteiger partial charge in [0.15, 0.2) is 0 Å². The number of rotatable bonds is 2. The van der Waals surface area contributed by atoms with E-state index >= 15 is 0 Å². The minimum Gasteiger partial charge on any atom is -0.338 e. The molecular formula is C24H20N2. The number of anilines is 4. The van der Waals surface area contributed by atoms with E-state index in [2.05, 4.69) is 107 Å². The normalized spacial score (nSPS) is 13.7. The summed E-state index contributed by atoms with van der Waals surface area (Å²) in [7, 11) is 0. The molecule has 0 fully saturated rings. The first kappa shape index (κ1) is 15.0. The predicted octanol–water partition coefficient (Wildman–Crippen LogP) is 6.13. The molecule has 2 nitrogen and oxygen atoms in total. The average molecular weight is 336 g/mol. The zero-order valence-corrected chi connectivity index (χ0v) is 14.5. The van der Waals surface area contributed by atoms with Gasteiger partial charge in [-0.15, -0.1) is 0 Å². The quantitative estimate of drug-likeness (QED) is 0.434. The van der Waals surface area contributed by atoms with Crippen LogP contribution in [0.4, 0.5) is 22.7 Å². The molecule has 4 aromatic rings. The molecule has 0 saturated carbocycles. The Hall–Kier alpha value is -3.26. The minimum atomic E-state index is 0.963. The summed E-state index contributed by atoms with van der Waals surface area (Å²) in [6, 6.07) is 34.6. The summed E-state index contributed by atoms with van der Waals surface area (Å²) in [5.74, 6) is 0. The molecule has 4 aromatic carbocycles. The molecule has 26 heavy (non-hydrogen) atoms. The van der Waals surface area contributed by atoms with Gasteiger partial charge in [0, 0.05) is 24.5 Å². The van der Waals surface area contributed by atoms with E-state index in [4.69, 9.17) is 0 Å². The van der Waals surface area contributed by atoms with Crippen molar-refractivity contribution in [3.63, 3.8) is 0 Å². The molecule has 2 heteroatoms. The van der Waals surface area contributed by atoms with E-state index in [0.29, 0.717) is 0 Å². The van der Waals surface area contributed by atoms with Crippen molar-refractivity contribution in [3.05, 3.63) is 97.1 Å². The summed E-state index contributed by atoms with van der Waals surface area (Å²) in [6.07, 6.45) is 0. The molecule has 126 valence electrons. The van der Waals surface area contributed by atoms with Crippen molar-refractivity contribution in [1.29, 1.82) is 0 Å². The largest absolute Gasteiger partial charge is 0.338 e. The van der Waals surface area contributed by atoms with E-state index in [9.17, 15) is 0 Å². The molecule has 0 radical (unpaired) electrons. The van der Waals surface area contributed by atoms with Crippen molar-refractivity contribution in [1.82, 2.24) is 0 Å². The molecule has 5 rings (SSSR count). The van der Waals surface area contributed by atoms with Crippen LogP contribution >= 0.6 is 0 Å². The highest BCUT2D eigenvalue weighted by atomic mass is 15.3. The van der Waals surface area contributed by atoms with Crippen LogP contribution in [0.3, 0.4) is 0 Å². The maximum Gasteiger partial charge on any atom is 0.0659 e. The van der Waals surface area contributed by atoms with Crippen LogP contribution in [0.1, 0.15) is 0 Å². The Morgan fingerprint density at radius 2 is 0.846 bits per heavy atom. The summed E-state index contributed by atoms with van der Waals surface area (Å²) >= 11 is 0. The second-order valence-corrected chi connectivity index (χ2v) is 6.66. The van der Waals surface area contributed by atoms with Crippen LogP contribution in [0.5, 0.6) is 0 Å². The zero-order valence-electron chi connectivity index (χ0n) is 14.5. The standard InChI is InChI=1S/C24H20N2/c1-3-11-21(12-4-1)25-15-16-26(22-13-5-2-6-14-22)24-18-20-10-8-7-9-19(20)17-23(24)25/h1-14,17-18H,15-16H2. The molecule has 0 bridgehead atoms. The Morgan fingerprint density at radius 1 is 0.462 bits per heavy atom. The molecule has 0 aliphatic carbocycles. The minimum absolute atomic E-state index is 0.963. The second-order valence-electron chi connectivity index (χ2n) is 6.66. The van der Waals surface area contributed by atoms with E-state index < -0.39 is 0 Å². The lowest BCUT2D eigenvalue weighted by Gasteiger charge is -2.39. The van der Waals surface area contributed by atoms with Crippen molar-refractivity contribution < 1.29 is 0 Å². The first-order valence-corrected chi connectivity index (χ1v) is 9.08. The Labute approximate surface area is 153 Å². The molecule has 0 amide bonds. The highest BCUT2D eigenvalue weighted by Gasteiger charge is 2.25. The molecule has 1 aliphatic rings. The summed E-state index contributed by atoms with van der Waals surface area (Å²) in [6.45, 7) is 1.93. The Kier molecular flexibility index (Phi) is 3.60. The molecule has 1 aliphatic heterocycles. The van der Waals surface area contributed by atoms with Gasteiger partial charge in [-0.05, 0) is 47.2 Å². The lowest BCUT2D eigenvalue weighted by Crippen LogP contribution is -2.36. The molecule has 1 heterocycles. The fraction of sp³-hybridized carbons (Fsp3) is 0.0833. The predicted molar refractivity (Wildman–Crippen MR) is 111 cm³/mol. The first-order chi connectivity index (χ1) is 12.9. The molecule has 0 N–H and O–H groups in total. The van der Waals surface area contributed by atoms with Gasteiger partial charge >= 0.3 is 0 Å².